The van der Waals surface area contributed by atoms with Crippen LogP contribution in [0.5, 0.6) is 0 Å². The number of thiazole rings is 1. The highest BCUT2D eigenvalue weighted by Crippen LogP contribution is 2.19. The lowest BCUT2D eigenvalue weighted by Gasteiger charge is -2.39. The lowest BCUT2D eigenvalue weighted by molar-refractivity contribution is -0.0778. The van der Waals surface area contributed by atoms with E-state index in [9.17, 15) is 4.79 Å². The summed E-state index contributed by atoms with van der Waals surface area (Å²) in [6.07, 6.45) is 0.483. The van der Waals surface area contributed by atoms with Gasteiger partial charge in [-0.25, -0.2) is 4.98 Å². The second-order valence-corrected chi connectivity index (χ2v) is 7.19. The van der Waals surface area contributed by atoms with Gasteiger partial charge in [0.05, 0.1) is 27.9 Å². The van der Waals surface area contributed by atoms with E-state index in [2.05, 4.69) is 36.0 Å². The van der Waals surface area contributed by atoms with E-state index in [1.165, 1.54) is 0 Å². The molecule has 0 aliphatic carbocycles. The van der Waals surface area contributed by atoms with E-state index >= 15 is 0 Å². The lowest BCUT2D eigenvalue weighted by Crippen LogP contribution is -2.52. The highest BCUT2D eigenvalue weighted by molar-refractivity contribution is 7.16. The predicted molar refractivity (Wildman–Crippen MR) is 93.0 cm³/mol. The zero-order valence-electron chi connectivity index (χ0n) is 13.8. The van der Waals surface area contributed by atoms with Gasteiger partial charge in [0, 0.05) is 31.2 Å². The van der Waals surface area contributed by atoms with Crippen LogP contribution < -0.4 is 5.32 Å². The predicted octanol–water partition coefficient (Wildman–Crippen LogP) is 2.52. The molecule has 1 amide bonds. The van der Waals surface area contributed by atoms with Crippen LogP contribution >= 0.6 is 11.3 Å². The van der Waals surface area contributed by atoms with Crippen LogP contribution in [0.1, 0.15) is 31.1 Å². The summed E-state index contributed by atoms with van der Waals surface area (Å²) >= 11 is 1.55. The Morgan fingerprint density at radius 3 is 2.91 bits per heavy atom. The van der Waals surface area contributed by atoms with Crippen LogP contribution in [-0.4, -0.2) is 53.7 Å². The normalized spacial score (nSPS) is 23.8. The summed E-state index contributed by atoms with van der Waals surface area (Å²) in [5.41, 5.74) is 3.43. The summed E-state index contributed by atoms with van der Waals surface area (Å²) in [5.74, 6) is -0.0264. The Balaban J connectivity index is 1.57. The van der Waals surface area contributed by atoms with Gasteiger partial charge in [0.15, 0.2) is 0 Å². The number of aromatic nitrogens is 1. The number of carbonyl (C=O) groups excluding carboxylic acids is 1. The largest absolute Gasteiger partial charge is 0.373 e. The minimum absolute atomic E-state index is 0.0264. The zero-order valence-corrected chi connectivity index (χ0v) is 14.6. The highest BCUT2D eigenvalue weighted by Gasteiger charge is 2.25. The van der Waals surface area contributed by atoms with E-state index in [1.807, 2.05) is 18.2 Å². The summed E-state index contributed by atoms with van der Waals surface area (Å²) < 4.78 is 6.80. The third-order valence-corrected chi connectivity index (χ3v) is 5.01. The second kappa shape index (κ2) is 6.95. The van der Waals surface area contributed by atoms with Gasteiger partial charge in [0.2, 0.25) is 0 Å². The Morgan fingerprint density at radius 1 is 1.43 bits per heavy atom. The first-order chi connectivity index (χ1) is 11.0. The van der Waals surface area contributed by atoms with Gasteiger partial charge in [0.1, 0.15) is 0 Å². The molecular formula is C17H23N3O2S. The third-order valence-electron chi connectivity index (χ3n) is 4.22. The molecule has 0 saturated carbocycles. The molecule has 1 aromatic heterocycles. The molecule has 0 unspecified atom stereocenters. The van der Waals surface area contributed by atoms with Gasteiger partial charge in [-0.15, -0.1) is 11.3 Å². The van der Waals surface area contributed by atoms with Crippen molar-refractivity contribution in [2.45, 2.75) is 39.0 Å². The van der Waals surface area contributed by atoms with Gasteiger partial charge in [-0.1, -0.05) is 0 Å². The van der Waals surface area contributed by atoms with Crippen molar-refractivity contribution in [2.24, 2.45) is 0 Å². The molecule has 1 aliphatic rings. The lowest BCUT2D eigenvalue weighted by atomic mass is 10.1. The minimum atomic E-state index is -0.0264. The van der Waals surface area contributed by atoms with E-state index in [0.717, 1.165) is 23.3 Å². The van der Waals surface area contributed by atoms with Crippen molar-refractivity contribution in [3.63, 3.8) is 0 Å². The molecule has 2 heterocycles. The number of carbonyl (C=O) groups is 1. The van der Waals surface area contributed by atoms with Crippen LogP contribution in [0.3, 0.4) is 0 Å². The van der Waals surface area contributed by atoms with Crippen LogP contribution in [0, 0.1) is 0 Å². The zero-order chi connectivity index (χ0) is 16.4. The average molecular weight is 333 g/mol. The highest BCUT2D eigenvalue weighted by atomic mass is 32.1. The number of morpholine rings is 1. The maximum atomic E-state index is 12.4. The number of fused-ring (bicyclic) bond motifs is 1. The van der Waals surface area contributed by atoms with E-state index in [0.29, 0.717) is 18.2 Å². The maximum absolute atomic E-state index is 12.4. The van der Waals surface area contributed by atoms with Gasteiger partial charge >= 0.3 is 0 Å². The van der Waals surface area contributed by atoms with Crippen molar-refractivity contribution in [2.75, 3.05) is 19.6 Å². The van der Waals surface area contributed by atoms with Crippen LogP contribution in [0.15, 0.2) is 23.7 Å². The number of benzene rings is 1. The van der Waals surface area contributed by atoms with Crippen molar-refractivity contribution in [1.29, 1.82) is 0 Å². The molecule has 124 valence electrons. The molecule has 3 atom stereocenters. The number of amides is 1. The van der Waals surface area contributed by atoms with E-state index in [4.69, 9.17) is 4.74 Å². The molecule has 6 heteroatoms. The maximum Gasteiger partial charge on any atom is 0.251 e. The smallest absolute Gasteiger partial charge is 0.251 e. The monoisotopic (exact) mass is 333 g/mol. The first kappa shape index (κ1) is 16.4. The van der Waals surface area contributed by atoms with E-state index in [-0.39, 0.29) is 18.1 Å². The van der Waals surface area contributed by atoms with Gasteiger partial charge in [-0.05, 0) is 39.0 Å². The van der Waals surface area contributed by atoms with Crippen molar-refractivity contribution in [3.05, 3.63) is 29.3 Å². The molecule has 0 spiro atoms. The first-order valence-electron chi connectivity index (χ1n) is 8.04. The summed E-state index contributed by atoms with van der Waals surface area (Å²) in [7, 11) is 0. The van der Waals surface area contributed by atoms with Crippen LogP contribution in [0.4, 0.5) is 0 Å². The Hall–Kier alpha value is -1.50. The summed E-state index contributed by atoms with van der Waals surface area (Å²) in [6, 6.07) is 5.93. The molecular weight excluding hydrogens is 310 g/mol. The van der Waals surface area contributed by atoms with Gasteiger partial charge in [-0.2, -0.15) is 0 Å². The van der Waals surface area contributed by atoms with Crippen LogP contribution in [-0.2, 0) is 4.74 Å². The molecule has 1 N–H and O–H groups in total. The standard InChI is InChI=1S/C17H23N3O2S/c1-11(20-8-12(2)22-13(3)9-20)7-18-17(21)14-4-5-15-16(6-14)23-10-19-15/h4-6,10-13H,7-9H2,1-3H3,(H,18,21)/t11-,12-,13+/m0/s1. The quantitative estimate of drug-likeness (QED) is 0.934. The Morgan fingerprint density at radius 2 is 2.17 bits per heavy atom. The van der Waals surface area contributed by atoms with Crippen molar-refractivity contribution in [3.8, 4) is 0 Å². The molecule has 0 bridgehead atoms. The Labute approximate surface area is 140 Å². The number of nitrogens with zero attached hydrogens (tertiary/aromatic N) is 2. The second-order valence-electron chi connectivity index (χ2n) is 6.31. The fraction of sp³-hybridized carbons (Fsp3) is 0.529. The van der Waals surface area contributed by atoms with Gasteiger partial charge in [0.25, 0.3) is 5.91 Å². The van der Waals surface area contributed by atoms with Crippen LogP contribution in [0.25, 0.3) is 10.2 Å². The van der Waals surface area contributed by atoms with Gasteiger partial charge in [-0.3, -0.25) is 9.69 Å². The number of hydrogen-bond acceptors (Lipinski definition) is 5. The van der Waals surface area contributed by atoms with Gasteiger partial charge < -0.3 is 10.1 Å². The van der Waals surface area contributed by atoms with E-state index in [1.54, 1.807) is 16.8 Å². The molecule has 1 saturated heterocycles. The Kier molecular flexibility index (Phi) is 4.94. The SMILES string of the molecule is C[C@@H]1CN([C@@H](C)CNC(=O)c2ccc3ncsc3c2)C[C@H](C)O1. The van der Waals surface area contributed by atoms with Crippen molar-refractivity contribution >= 4 is 27.5 Å². The molecule has 1 aliphatic heterocycles. The summed E-state index contributed by atoms with van der Waals surface area (Å²) in [5, 5.41) is 3.05. The molecule has 1 fully saturated rings. The van der Waals surface area contributed by atoms with Crippen molar-refractivity contribution < 1.29 is 9.53 Å². The molecule has 3 rings (SSSR count). The van der Waals surface area contributed by atoms with E-state index < -0.39 is 0 Å². The molecule has 1 aromatic carbocycles. The number of hydrogen-bond donors (Lipinski definition) is 1. The molecule has 2 aromatic rings. The number of rotatable bonds is 4. The third kappa shape index (κ3) is 3.88. The average Bonchev–Trinajstić information content (AvgIpc) is 2.98. The minimum Gasteiger partial charge on any atom is -0.373 e. The fourth-order valence-corrected chi connectivity index (χ4v) is 3.76. The number of ether oxygens (including phenoxy) is 1. The van der Waals surface area contributed by atoms with Crippen LogP contribution in [0.2, 0.25) is 0 Å². The number of nitrogens with one attached hydrogen (secondary N) is 1. The summed E-state index contributed by atoms with van der Waals surface area (Å²) in [4.78, 5) is 19.0. The fourth-order valence-electron chi connectivity index (χ4n) is 3.05. The molecule has 0 radical (unpaired) electrons. The molecule has 5 nitrogen and oxygen atoms in total. The topological polar surface area (TPSA) is 54.5 Å². The summed E-state index contributed by atoms with van der Waals surface area (Å²) in [6.45, 7) is 8.80. The molecule has 23 heavy (non-hydrogen) atoms. The Bertz CT molecular complexity index is 677. The van der Waals surface area contributed by atoms with Crippen molar-refractivity contribution in [1.82, 2.24) is 15.2 Å². The first-order valence-corrected chi connectivity index (χ1v) is 8.92.